The van der Waals surface area contributed by atoms with Gasteiger partial charge in [0.1, 0.15) is 11.5 Å². The normalized spacial score (nSPS) is 37.9. The van der Waals surface area contributed by atoms with Crippen LogP contribution < -0.4 is 0 Å². The summed E-state index contributed by atoms with van der Waals surface area (Å²) in [5.41, 5.74) is 4.53. The molecule has 0 unspecified atom stereocenters. The SMILES string of the molecule is C=CC[C@]1(O)CC[C@H]2[C@@H]3CC=C4CC(=O)CCC4=C3[C@@H](c3ccc(O)cc3)C[C@@]21C. The number of fused-ring (bicyclic) bond motifs is 4. The van der Waals surface area contributed by atoms with Gasteiger partial charge in [-0.05, 0) is 79.2 Å². The van der Waals surface area contributed by atoms with Crippen LogP contribution in [0.3, 0.4) is 0 Å². The minimum absolute atomic E-state index is 0.172. The summed E-state index contributed by atoms with van der Waals surface area (Å²) in [6.45, 7) is 6.23. The van der Waals surface area contributed by atoms with Gasteiger partial charge in [0.05, 0.1) is 5.60 Å². The number of carbonyl (C=O) groups is 1. The average Bonchev–Trinajstić information content (AvgIpc) is 2.98. The molecule has 3 heteroatoms. The summed E-state index contributed by atoms with van der Waals surface area (Å²) in [7, 11) is 0. The van der Waals surface area contributed by atoms with Gasteiger partial charge in [0, 0.05) is 24.2 Å². The van der Waals surface area contributed by atoms with Gasteiger partial charge in [-0.1, -0.05) is 36.8 Å². The van der Waals surface area contributed by atoms with Gasteiger partial charge < -0.3 is 10.2 Å². The van der Waals surface area contributed by atoms with Crippen LogP contribution in [0.5, 0.6) is 5.75 Å². The molecule has 5 rings (SSSR count). The van der Waals surface area contributed by atoms with E-state index in [4.69, 9.17) is 0 Å². The lowest BCUT2D eigenvalue weighted by atomic mass is 9.51. The molecule has 0 radical (unpaired) electrons. The Bertz CT molecular complexity index is 953. The molecule has 0 spiro atoms. The van der Waals surface area contributed by atoms with E-state index in [2.05, 4.69) is 19.6 Å². The highest BCUT2D eigenvalue weighted by atomic mass is 16.3. The van der Waals surface area contributed by atoms with Crippen LogP contribution in [0.25, 0.3) is 0 Å². The smallest absolute Gasteiger partial charge is 0.137 e. The van der Waals surface area contributed by atoms with Crippen molar-refractivity contribution in [2.45, 2.75) is 69.8 Å². The number of aliphatic hydroxyl groups is 1. The third-order valence-electron chi connectivity index (χ3n) is 8.81. The zero-order chi connectivity index (χ0) is 21.1. The van der Waals surface area contributed by atoms with Gasteiger partial charge in [0.25, 0.3) is 0 Å². The van der Waals surface area contributed by atoms with Gasteiger partial charge in [-0.3, -0.25) is 4.79 Å². The van der Waals surface area contributed by atoms with Gasteiger partial charge >= 0.3 is 0 Å². The topological polar surface area (TPSA) is 57.5 Å². The van der Waals surface area contributed by atoms with Crippen molar-refractivity contribution in [3.05, 3.63) is 65.3 Å². The first-order valence-corrected chi connectivity index (χ1v) is 11.4. The van der Waals surface area contributed by atoms with Crippen LogP contribution in [0.2, 0.25) is 0 Å². The molecule has 0 amide bonds. The molecule has 0 saturated heterocycles. The van der Waals surface area contributed by atoms with E-state index in [9.17, 15) is 15.0 Å². The van der Waals surface area contributed by atoms with Gasteiger partial charge in [-0.15, -0.1) is 6.58 Å². The molecule has 4 aliphatic rings. The van der Waals surface area contributed by atoms with Gasteiger partial charge in [0.15, 0.2) is 0 Å². The quantitative estimate of drug-likeness (QED) is 0.645. The van der Waals surface area contributed by atoms with Crippen molar-refractivity contribution in [2.75, 3.05) is 0 Å². The minimum Gasteiger partial charge on any atom is -0.508 e. The van der Waals surface area contributed by atoms with E-state index >= 15 is 0 Å². The number of ketones is 1. The predicted molar refractivity (Wildman–Crippen MR) is 118 cm³/mol. The number of aromatic hydroxyl groups is 1. The van der Waals surface area contributed by atoms with E-state index in [0.29, 0.717) is 36.9 Å². The highest BCUT2D eigenvalue weighted by Gasteiger charge is 2.62. The Morgan fingerprint density at radius 1 is 1.23 bits per heavy atom. The highest BCUT2D eigenvalue weighted by Crippen LogP contribution is 2.67. The Balaban J connectivity index is 1.66. The largest absolute Gasteiger partial charge is 0.508 e. The third kappa shape index (κ3) is 2.78. The molecule has 1 aromatic rings. The van der Waals surface area contributed by atoms with E-state index in [0.717, 1.165) is 32.1 Å². The Morgan fingerprint density at radius 2 is 2.00 bits per heavy atom. The number of phenols is 1. The number of Topliss-reactive ketones (excluding diaryl/α,β-unsaturated/α-hetero) is 1. The fourth-order valence-corrected chi connectivity index (χ4v) is 7.27. The number of hydrogen-bond acceptors (Lipinski definition) is 3. The second kappa shape index (κ2) is 6.95. The summed E-state index contributed by atoms with van der Waals surface area (Å²) in [6, 6.07) is 7.64. The van der Waals surface area contributed by atoms with Crippen molar-refractivity contribution in [1.82, 2.24) is 0 Å². The lowest BCUT2D eigenvalue weighted by molar-refractivity contribution is -0.118. The summed E-state index contributed by atoms with van der Waals surface area (Å²) >= 11 is 0. The van der Waals surface area contributed by atoms with Crippen molar-refractivity contribution < 1.29 is 15.0 Å². The zero-order valence-corrected chi connectivity index (χ0v) is 17.9. The molecule has 0 aliphatic heterocycles. The van der Waals surface area contributed by atoms with Crippen LogP contribution in [-0.2, 0) is 4.79 Å². The second-order valence-electron chi connectivity index (χ2n) is 10.2. The number of phenolic OH excluding ortho intramolecular Hbond substituents is 1. The summed E-state index contributed by atoms with van der Waals surface area (Å²) in [6.07, 6.45) is 10.7. The fraction of sp³-hybridized carbons (Fsp3) is 0.519. The predicted octanol–water partition coefficient (Wildman–Crippen LogP) is 5.60. The minimum atomic E-state index is -0.711. The van der Waals surface area contributed by atoms with Crippen LogP contribution in [0, 0.1) is 17.3 Å². The molecule has 3 saturated carbocycles. The maximum atomic E-state index is 12.1. The summed E-state index contributed by atoms with van der Waals surface area (Å²) in [5.74, 6) is 1.73. The number of hydrogen-bond donors (Lipinski definition) is 2. The Kier molecular flexibility index (Phi) is 4.59. The number of allylic oxidation sites excluding steroid dienone is 4. The first-order valence-electron chi connectivity index (χ1n) is 11.4. The van der Waals surface area contributed by atoms with Crippen molar-refractivity contribution in [3.63, 3.8) is 0 Å². The average molecular weight is 405 g/mol. The van der Waals surface area contributed by atoms with E-state index < -0.39 is 5.60 Å². The van der Waals surface area contributed by atoms with E-state index in [1.807, 2.05) is 18.2 Å². The molecule has 3 fully saturated rings. The Morgan fingerprint density at radius 3 is 2.73 bits per heavy atom. The molecule has 1 aromatic carbocycles. The molecule has 5 atom stereocenters. The monoisotopic (exact) mass is 404 g/mol. The maximum absolute atomic E-state index is 12.1. The summed E-state index contributed by atoms with van der Waals surface area (Å²) in [4.78, 5) is 12.1. The Hall–Kier alpha value is -2.13. The van der Waals surface area contributed by atoms with Gasteiger partial charge in [-0.25, -0.2) is 0 Å². The first kappa shape index (κ1) is 19.8. The van der Waals surface area contributed by atoms with Crippen LogP contribution in [-0.4, -0.2) is 21.6 Å². The highest BCUT2D eigenvalue weighted by molar-refractivity contribution is 5.84. The van der Waals surface area contributed by atoms with Crippen LogP contribution in [0.15, 0.2) is 59.7 Å². The molecule has 3 nitrogen and oxygen atoms in total. The molecular weight excluding hydrogens is 372 g/mol. The second-order valence-corrected chi connectivity index (χ2v) is 10.2. The molecular formula is C27H32O3. The molecule has 4 aliphatic carbocycles. The number of carbonyl (C=O) groups excluding carboxylic acids is 1. The fourth-order valence-electron chi connectivity index (χ4n) is 7.27. The lowest BCUT2D eigenvalue weighted by Gasteiger charge is -2.54. The summed E-state index contributed by atoms with van der Waals surface area (Å²) in [5, 5.41) is 21.6. The number of benzene rings is 1. The van der Waals surface area contributed by atoms with Crippen LogP contribution in [0.1, 0.15) is 69.8 Å². The van der Waals surface area contributed by atoms with Crippen LogP contribution in [0.4, 0.5) is 0 Å². The van der Waals surface area contributed by atoms with E-state index in [1.165, 1.54) is 22.3 Å². The molecule has 30 heavy (non-hydrogen) atoms. The Labute approximate surface area is 179 Å². The molecule has 158 valence electrons. The van der Waals surface area contributed by atoms with Crippen LogP contribution >= 0.6 is 0 Å². The molecule has 0 heterocycles. The molecule has 0 bridgehead atoms. The van der Waals surface area contributed by atoms with Crippen molar-refractivity contribution in [1.29, 1.82) is 0 Å². The van der Waals surface area contributed by atoms with E-state index in [-0.39, 0.29) is 17.1 Å². The van der Waals surface area contributed by atoms with Gasteiger partial charge in [0.2, 0.25) is 0 Å². The maximum Gasteiger partial charge on any atom is 0.137 e. The first-order chi connectivity index (χ1) is 14.4. The number of rotatable bonds is 3. The summed E-state index contributed by atoms with van der Waals surface area (Å²) < 4.78 is 0. The van der Waals surface area contributed by atoms with Gasteiger partial charge in [-0.2, -0.15) is 0 Å². The molecule has 0 aromatic heterocycles. The van der Waals surface area contributed by atoms with Crippen molar-refractivity contribution in [3.8, 4) is 5.75 Å². The zero-order valence-electron chi connectivity index (χ0n) is 17.9. The van der Waals surface area contributed by atoms with Crippen molar-refractivity contribution in [2.24, 2.45) is 17.3 Å². The molecule has 2 N–H and O–H groups in total. The van der Waals surface area contributed by atoms with Crippen molar-refractivity contribution >= 4 is 5.78 Å². The van der Waals surface area contributed by atoms with E-state index in [1.54, 1.807) is 12.1 Å². The standard InChI is InChI=1S/C27H32O3/c1-3-13-27(30)14-12-24-22-10-6-18-15-20(29)9-11-21(18)25(22)23(16-26(24,27)2)17-4-7-19(28)8-5-17/h3-8,22-24,28,30H,1,9-16H2,2H3/t22-,23+,24-,26-,27-/m0/s1. The third-order valence-corrected chi connectivity index (χ3v) is 8.81. The lowest BCUT2D eigenvalue weighted by Crippen LogP contribution is -2.51.